The maximum Gasteiger partial charge on any atom is 0.255 e. The number of hydrogen-bond acceptors (Lipinski definition) is 4. The van der Waals surface area contributed by atoms with Gasteiger partial charge in [0, 0.05) is 17.1 Å². The third-order valence-corrected chi connectivity index (χ3v) is 2.07. The van der Waals surface area contributed by atoms with E-state index in [-0.39, 0.29) is 5.91 Å². The molecule has 1 aromatic heterocycles. The van der Waals surface area contributed by atoms with E-state index in [1.54, 1.807) is 0 Å². The first-order chi connectivity index (χ1) is 7.06. The van der Waals surface area contributed by atoms with Crippen molar-refractivity contribution in [2.45, 2.75) is 27.2 Å². The number of anilines is 1. The fourth-order valence-electron chi connectivity index (χ4n) is 1.51. The Morgan fingerprint density at radius 1 is 1.20 bits per heavy atom. The van der Waals surface area contributed by atoms with Crippen LogP contribution in [0.15, 0.2) is 11.2 Å². The first-order valence-electron chi connectivity index (χ1n) is 4.75. The number of aromatic nitrogens is 2. The van der Waals surface area contributed by atoms with Gasteiger partial charge in [-0.15, -0.1) is 0 Å². The van der Waals surface area contributed by atoms with Crippen LogP contribution in [0.5, 0.6) is 0 Å². The molecular weight excluding hydrogens is 192 g/mol. The Bertz CT molecular complexity index is 432. The molecule has 0 aliphatic carbocycles. The highest BCUT2D eigenvalue weighted by Gasteiger charge is 2.25. The van der Waals surface area contributed by atoms with E-state index in [0.717, 1.165) is 17.1 Å². The van der Waals surface area contributed by atoms with Gasteiger partial charge in [-0.25, -0.2) is 9.97 Å². The lowest BCUT2D eigenvalue weighted by molar-refractivity contribution is -0.117. The van der Waals surface area contributed by atoms with E-state index >= 15 is 0 Å². The summed E-state index contributed by atoms with van der Waals surface area (Å²) in [5.41, 5.74) is 2.47. The first kappa shape index (κ1) is 9.76. The summed E-state index contributed by atoms with van der Waals surface area (Å²) in [7, 11) is 0. The van der Waals surface area contributed by atoms with E-state index in [0.29, 0.717) is 12.4 Å². The molecular formula is C10H12N4O. The van der Waals surface area contributed by atoms with Crippen molar-refractivity contribution in [3.8, 4) is 0 Å². The van der Waals surface area contributed by atoms with E-state index < -0.39 is 0 Å². The second-order valence-corrected chi connectivity index (χ2v) is 3.67. The van der Waals surface area contributed by atoms with Crippen LogP contribution in [0.3, 0.4) is 0 Å². The van der Waals surface area contributed by atoms with Gasteiger partial charge in [0.05, 0.1) is 6.42 Å². The molecule has 1 aliphatic rings. The van der Waals surface area contributed by atoms with Gasteiger partial charge in [0.15, 0.2) is 0 Å². The molecule has 2 rings (SSSR count). The van der Waals surface area contributed by atoms with Crippen molar-refractivity contribution in [2.24, 2.45) is 5.10 Å². The SMILES string of the molecule is CC1=NN(c2nc(C)cc(C)n2)C(=O)C1. The fourth-order valence-corrected chi connectivity index (χ4v) is 1.51. The predicted octanol–water partition coefficient (Wildman–Crippen LogP) is 1.21. The molecule has 0 aromatic carbocycles. The summed E-state index contributed by atoms with van der Waals surface area (Å²) < 4.78 is 0. The molecule has 0 unspecified atom stereocenters. The van der Waals surface area contributed by atoms with Crippen molar-refractivity contribution in [3.63, 3.8) is 0 Å². The minimum atomic E-state index is -0.0718. The lowest BCUT2D eigenvalue weighted by Crippen LogP contribution is -2.22. The Balaban J connectivity index is 2.41. The summed E-state index contributed by atoms with van der Waals surface area (Å²) in [6.45, 7) is 5.56. The number of carbonyl (C=O) groups excluding carboxylic acids is 1. The molecule has 1 aliphatic heterocycles. The molecule has 0 saturated carbocycles. The molecule has 0 atom stereocenters. The average Bonchev–Trinajstić information content (AvgIpc) is 2.43. The highest BCUT2D eigenvalue weighted by atomic mass is 16.2. The van der Waals surface area contributed by atoms with Crippen LogP contribution in [0.25, 0.3) is 0 Å². The van der Waals surface area contributed by atoms with E-state index in [1.807, 2.05) is 26.8 Å². The molecule has 78 valence electrons. The Morgan fingerprint density at radius 3 is 2.27 bits per heavy atom. The Kier molecular flexibility index (Phi) is 2.22. The monoisotopic (exact) mass is 204 g/mol. The van der Waals surface area contributed by atoms with E-state index in [1.165, 1.54) is 5.01 Å². The molecule has 5 nitrogen and oxygen atoms in total. The fraction of sp³-hybridized carbons (Fsp3) is 0.400. The lowest BCUT2D eigenvalue weighted by atomic mass is 10.3. The van der Waals surface area contributed by atoms with Gasteiger partial charge in [-0.2, -0.15) is 10.1 Å². The van der Waals surface area contributed by atoms with Crippen molar-refractivity contribution in [2.75, 3.05) is 5.01 Å². The van der Waals surface area contributed by atoms with E-state index in [4.69, 9.17) is 0 Å². The van der Waals surface area contributed by atoms with E-state index in [2.05, 4.69) is 15.1 Å². The molecule has 0 saturated heterocycles. The Morgan fingerprint density at radius 2 is 1.80 bits per heavy atom. The summed E-state index contributed by atoms with van der Waals surface area (Å²) >= 11 is 0. The number of nitrogens with zero attached hydrogens (tertiary/aromatic N) is 4. The summed E-state index contributed by atoms with van der Waals surface area (Å²) in [4.78, 5) is 19.9. The first-order valence-corrected chi connectivity index (χ1v) is 4.75. The number of aryl methyl sites for hydroxylation is 2. The molecule has 0 spiro atoms. The van der Waals surface area contributed by atoms with Crippen molar-refractivity contribution >= 4 is 17.6 Å². The van der Waals surface area contributed by atoms with Gasteiger partial charge in [-0.3, -0.25) is 4.79 Å². The largest absolute Gasteiger partial charge is 0.272 e. The van der Waals surface area contributed by atoms with Gasteiger partial charge < -0.3 is 0 Å². The topological polar surface area (TPSA) is 58.5 Å². The smallest absolute Gasteiger partial charge is 0.255 e. The summed E-state index contributed by atoms with van der Waals surface area (Å²) in [6, 6.07) is 1.86. The molecule has 0 fully saturated rings. The Hall–Kier alpha value is -1.78. The zero-order valence-corrected chi connectivity index (χ0v) is 8.98. The van der Waals surface area contributed by atoms with Gasteiger partial charge in [-0.05, 0) is 26.8 Å². The molecule has 0 N–H and O–H groups in total. The molecule has 2 heterocycles. The number of carbonyl (C=O) groups is 1. The van der Waals surface area contributed by atoms with Crippen molar-refractivity contribution in [1.82, 2.24) is 9.97 Å². The number of amides is 1. The van der Waals surface area contributed by atoms with Crippen LogP contribution >= 0.6 is 0 Å². The van der Waals surface area contributed by atoms with Crippen LogP contribution < -0.4 is 5.01 Å². The minimum Gasteiger partial charge on any atom is -0.272 e. The summed E-state index contributed by atoms with van der Waals surface area (Å²) in [5, 5.41) is 5.37. The van der Waals surface area contributed by atoms with Gasteiger partial charge in [0.25, 0.3) is 11.9 Å². The molecule has 0 radical (unpaired) electrons. The van der Waals surface area contributed by atoms with Crippen LogP contribution in [-0.2, 0) is 4.79 Å². The van der Waals surface area contributed by atoms with E-state index in [9.17, 15) is 4.79 Å². The molecule has 15 heavy (non-hydrogen) atoms. The van der Waals surface area contributed by atoms with Crippen LogP contribution in [0, 0.1) is 13.8 Å². The van der Waals surface area contributed by atoms with Gasteiger partial charge in [0.2, 0.25) is 0 Å². The predicted molar refractivity (Wildman–Crippen MR) is 56.7 cm³/mol. The molecule has 1 amide bonds. The second-order valence-electron chi connectivity index (χ2n) is 3.67. The standard InChI is InChI=1S/C10H12N4O/c1-6-4-7(2)12-10(11-6)14-9(15)5-8(3)13-14/h4H,5H2,1-3H3. The van der Waals surface area contributed by atoms with Crippen LogP contribution in [-0.4, -0.2) is 21.6 Å². The normalized spacial score (nSPS) is 15.8. The number of hydrogen-bond donors (Lipinski definition) is 0. The second kappa shape index (κ2) is 3.42. The molecule has 5 heteroatoms. The average molecular weight is 204 g/mol. The van der Waals surface area contributed by atoms with Gasteiger partial charge in [0.1, 0.15) is 0 Å². The maximum atomic E-state index is 11.5. The number of hydrazone groups is 1. The van der Waals surface area contributed by atoms with Crippen LogP contribution in [0.4, 0.5) is 5.95 Å². The third-order valence-electron chi connectivity index (χ3n) is 2.07. The molecule has 1 aromatic rings. The lowest BCUT2D eigenvalue weighted by Gasteiger charge is -2.10. The van der Waals surface area contributed by atoms with Crippen LogP contribution in [0.2, 0.25) is 0 Å². The summed E-state index contributed by atoms with van der Waals surface area (Å²) in [6.07, 6.45) is 0.357. The third kappa shape index (κ3) is 1.86. The zero-order valence-electron chi connectivity index (χ0n) is 8.98. The maximum absolute atomic E-state index is 11.5. The molecule has 0 bridgehead atoms. The quantitative estimate of drug-likeness (QED) is 0.690. The minimum absolute atomic E-state index is 0.0718. The highest BCUT2D eigenvalue weighted by Crippen LogP contribution is 2.16. The number of rotatable bonds is 1. The highest BCUT2D eigenvalue weighted by molar-refractivity contribution is 6.11. The van der Waals surface area contributed by atoms with Crippen molar-refractivity contribution in [3.05, 3.63) is 17.5 Å². The summed E-state index contributed by atoms with van der Waals surface area (Å²) in [5.74, 6) is 0.298. The zero-order chi connectivity index (χ0) is 11.0. The van der Waals surface area contributed by atoms with Gasteiger partial charge in [-0.1, -0.05) is 0 Å². The van der Waals surface area contributed by atoms with Crippen molar-refractivity contribution < 1.29 is 4.79 Å². The van der Waals surface area contributed by atoms with Crippen LogP contribution in [0.1, 0.15) is 24.7 Å². The van der Waals surface area contributed by atoms with Crippen molar-refractivity contribution in [1.29, 1.82) is 0 Å². The van der Waals surface area contributed by atoms with Gasteiger partial charge >= 0.3 is 0 Å². The Labute approximate surface area is 87.8 Å².